The number of hydrogen-bond acceptors (Lipinski definition) is 4. The first-order valence-corrected chi connectivity index (χ1v) is 5.96. The molecule has 0 spiro atoms. The van der Waals surface area contributed by atoms with Gasteiger partial charge in [0.2, 0.25) is 0 Å². The molecule has 100 valence electrons. The van der Waals surface area contributed by atoms with Crippen molar-refractivity contribution in [3.05, 3.63) is 52.6 Å². The number of ether oxygens (including phenoxy) is 1. The van der Waals surface area contributed by atoms with Gasteiger partial charge in [-0.15, -0.1) is 0 Å². The van der Waals surface area contributed by atoms with Crippen LogP contribution in [0.5, 0.6) is 5.75 Å². The van der Waals surface area contributed by atoms with Crippen LogP contribution < -0.4 is 4.74 Å². The molecule has 0 fully saturated rings. The maximum Gasteiger partial charge on any atom is 0.271 e. The second-order valence-corrected chi connectivity index (χ2v) is 4.28. The van der Waals surface area contributed by atoms with E-state index in [1.54, 1.807) is 13.2 Å². The fourth-order valence-electron chi connectivity index (χ4n) is 2.02. The molecule has 1 heterocycles. The summed E-state index contributed by atoms with van der Waals surface area (Å²) in [5, 5.41) is 10.8. The van der Waals surface area contributed by atoms with E-state index in [-0.39, 0.29) is 5.69 Å². The molecule has 0 saturated heterocycles. The molecule has 0 saturated carbocycles. The molecule has 0 radical (unpaired) electrons. The minimum atomic E-state index is -0.425. The van der Waals surface area contributed by atoms with E-state index in [4.69, 9.17) is 4.74 Å². The second kappa shape index (κ2) is 4.65. The smallest absolute Gasteiger partial charge is 0.271 e. The largest absolute Gasteiger partial charge is 0.497 e. The van der Waals surface area contributed by atoms with Crippen molar-refractivity contribution in [1.29, 1.82) is 0 Å². The third-order valence-corrected chi connectivity index (χ3v) is 3.02. The number of fused-ring (bicyclic) bond motifs is 1. The van der Waals surface area contributed by atoms with Gasteiger partial charge in [-0.3, -0.25) is 10.1 Å². The number of nitro benzene ring substituents is 1. The zero-order valence-electron chi connectivity index (χ0n) is 10.7. The van der Waals surface area contributed by atoms with Crippen LogP contribution in [0.15, 0.2) is 42.5 Å². The van der Waals surface area contributed by atoms with Crippen LogP contribution >= 0.6 is 0 Å². The summed E-state index contributed by atoms with van der Waals surface area (Å²) in [4.78, 5) is 17.8. The van der Waals surface area contributed by atoms with Crippen molar-refractivity contribution in [3.63, 3.8) is 0 Å². The standard InChI is InChI=1S/C14H11N3O3/c1-20-11-4-2-3-9(7-11)14-15-12-6-5-10(17(18)19)8-13(12)16-14/h2-8H,1H3,(H,15,16). The number of methoxy groups -OCH3 is 1. The van der Waals surface area contributed by atoms with Crippen LogP contribution in [0, 0.1) is 10.1 Å². The zero-order chi connectivity index (χ0) is 14.1. The number of aromatic nitrogens is 2. The van der Waals surface area contributed by atoms with Crippen LogP contribution in [-0.4, -0.2) is 22.0 Å². The number of nitro groups is 1. The van der Waals surface area contributed by atoms with Gasteiger partial charge in [-0.1, -0.05) is 12.1 Å². The fourth-order valence-corrected chi connectivity index (χ4v) is 2.02. The van der Waals surface area contributed by atoms with E-state index in [0.29, 0.717) is 16.9 Å². The predicted octanol–water partition coefficient (Wildman–Crippen LogP) is 3.15. The Labute approximate surface area is 114 Å². The van der Waals surface area contributed by atoms with Gasteiger partial charge in [0, 0.05) is 17.7 Å². The minimum absolute atomic E-state index is 0.0401. The van der Waals surface area contributed by atoms with E-state index in [1.165, 1.54) is 12.1 Å². The molecule has 0 aliphatic heterocycles. The highest BCUT2D eigenvalue weighted by molar-refractivity contribution is 5.81. The summed E-state index contributed by atoms with van der Waals surface area (Å²) in [6, 6.07) is 12.0. The number of H-pyrrole nitrogens is 1. The molecule has 1 N–H and O–H groups in total. The first kappa shape index (κ1) is 12.2. The van der Waals surface area contributed by atoms with Crippen LogP contribution in [-0.2, 0) is 0 Å². The van der Waals surface area contributed by atoms with E-state index in [2.05, 4.69) is 9.97 Å². The van der Waals surface area contributed by atoms with Crippen LogP contribution in [0.4, 0.5) is 5.69 Å². The van der Waals surface area contributed by atoms with Crippen LogP contribution in [0.2, 0.25) is 0 Å². The first-order valence-electron chi connectivity index (χ1n) is 5.96. The predicted molar refractivity (Wildman–Crippen MR) is 74.7 cm³/mol. The average molecular weight is 269 g/mol. The molecule has 20 heavy (non-hydrogen) atoms. The zero-order valence-corrected chi connectivity index (χ0v) is 10.7. The average Bonchev–Trinajstić information content (AvgIpc) is 2.90. The summed E-state index contributed by atoms with van der Waals surface area (Å²) in [5.41, 5.74) is 2.23. The number of aromatic amines is 1. The summed E-state index contributed by atoms with van der Waals surface area (Å²) >= 11 is 0. The van der Waals surface area contributed by atoms with Gasteiger partial charge in [-0.05, 0) is 18.2 Å². The van der Waals surface area contributed by atoms with Gasteiger partial charge >= 0.3 is 0 Å². The number of imidazole rings is 1. The lowest BCUT2D eigenvalue weighted by Crippen LogP contribution is -1.86. The van der Waals surface area contributed by atoms with Crippen molar-refractivity contribution in [2.75, 3.05) is 7.11 Å². The van der Waals surface area contributed by atoms with E-state index in [1.807, 2.05) is 24.3 Å². The van der Waals surface area contributed by atoms with Crippen molar-refractivity contribution < 1.29 is 9.66 Å². The number of non-ortho nitro benzene ring substituents is 1. The van der Waals surface area contributed by atoms with E-state index < -0.39 is 4.92 Å². The van der Waals surface area contributed by atoms with Crippen molar-refractivity contribution in [2.45, 2.75) is 0 Å². The molecule has 6 nitrogen and oxygen atoms in total. The Kier molecular flexibility index (Phi) is 2.83. The minimum Gasteiger partial charge on any atom is -0.497 e. The molecule has 6 heteroatoms. The molecule has 2 aromatic carbocycles. The lowest BCUT2D eigenvalue weighted by Gasteiger charge is -2.01. The highest BCUT2D eigenvalue weighted by Crippen LogP contribution is 2.25. The normalized spacial score (nSPS) is 10.7. The Morgan fingerprint density at radius 1 is 1.25 bits per heavy atom. The molecule has 0 aliphatic carbocycles. The molecular weight excluding hydrogens is 258 g/mol. The summed E-state index contributed by atoms with van der Waals surface area (Å²) < 4.78 is 5.17. The van der Waals surface area contributed by atoms with Gasteiger partial charge in [0.05, 0.1) is 23.1 Å². The summed E-state index contributed by atoms with van der Waals surface area (Å²) in [5.74, 6) is 1.38. The Hall–Kier alpha value is -2.89. The lowest BCUT2D eigenvalue weighted by molar-refractivity contribution is -0.384. The number of hydrogen-bond donors (Lipinski definition) is 1. The van der Waals surface area contributed by atoms with E-state index in [9.17, 15) is 10.1 Å². The van der Waals surface area contributed by atoms with Crippen molar-refractivity contribution in [3.8, 4) is 17.1 Å². The Balaban J connectivity index is 2.10. The van der Waals surface area contributed by atoms with Gasteiger partial charge in [0.1, 0.15) is 11.6 Å². The van der Waals surface area contributed by atoms with Crippen LogP contribution in [0.1, 0.15) is 0 Å². The second-order valence-electron chi connectivity index (χ2n) is 4.28. The number of rotatable bonds is 3. The molecule has 0 amide bonds. The number of nitrogens with zero attached hydrogens (tertiary/aromatic N) is 2. The van der Waals surface area contributed by atoms with Gasteiger partial charge in [0.15, 0.2) is 0 Å². The molecule has 0 atom stereocenters. The fraction of sp³-hybridized carbons (Fsp3) is 0.0714. The lowest BCUT2D eigenvalue weighted by atomic mass is 10.2. The quantitative estimate of drug-likeness (QED) is 0.585. The molecule has 0 unspecified atom stereocenters. The Bertz CT molecular complexity index is 795. The van der Waals surface area contributed by atoms with Crippen molar-refractivity contribution >= 4 is 16.7 Å². The Morgan fingerprint density at radius 2 is 2.10 bits per heavy atom. The number of nitrogens with one attached hydrogen (secondary N) is 1. The Morgan fingerprint density at radius 3 is 2.85 bits per heavy atom. The molecule has 3 aromatic rings. The van der Waals surface area contributed by atoms with Crippen LogP contribution in [0.3, 0.4) is 0 Å². The van der Waals surface area contributed by atoms with E-state index in [0.717, 1.165) is 11.3 Å². The van der Waals surface area contributed by atoms with E-state index >= 15 is 0 Å². The molecule has 3 rings (SSSR count). The summed E-state index contributed by atoms with van der Waals surface area (Å²) in [6.45, 7) is 0. The summed E-state index contributed by atoms with van der Waals surface area (Å²) in [6.07, 6.45) is 0. The topological polar surface area (TPSA) is 81.1 Å². The summed E-state index contributed by atoms with van der Waals surface area (Å²) in [7, 11) is 1.60. The molecular formula is C14H11N3O3. The molecule has 1 aromatic heterocycles. The maximum absolute atomic E-state index is 10.8. The van der Waals surface area contributed by atoms with Gasteiger partial charge in [-0.25, -0.2) is 4.98 Å². The third kappa shape index (κ3) is 2.07. The van der Waals surface area contributed by atoms with Crippen molar-refractivity contribution in [1.82, 2.24) is 9.97 Å². The van der Waals surface area contributed by atoms with Crippen molar-refractivity contribution in [2.24, 2.45) is 0 Å². The highest BCUT2D eigenvalue weighted by atomic mass is 16.6. The van der Waals surface area contributed by atoms with Gasteiger partial charge < -0.3 is 9.72 Å². The SMILES string of the molecule is COc1cccc(-c2nc3ccc([N+](=O)[O-])cc3[nH]2)c1. The maximum atomic E-state index is 10.8. The van der Waals surface area contributed by atoms with Gasteiger partial charge in [0.25, 0.3) is 5.69 Å². The highest BCUT2D eigenvalue weighted by Gasteiger charge is 2.10. The number of benzene rings is 2. The molecule has 0 bridgehead atoms. The molecule has 0 aliphatic rings. The monoisotopic (exact) mass is 269 g/mol. The van der Waals surface area contributed by atoms with Gasteiger partial charge in [-0.2, -0.15) is 0 Å². The first-order chi connectivity index (χ1) is 9.67. The van der Waals surface area contributed by atoms with Crippen LogP contribution in [0.25, 0.3) is 22.4 Å². The third-order valence-electron chi connectivity index (χ3n) is 3.02.